The molecule has 5 heteroatoms. The Labute approximate surface area is 138 Å². The summed E-state index contributed by atoms with van der Waals surface area (Å²) in [5.41, 5.74) is 2.20. The van der Waals surface area contributed by atoms with Gasteiger partial charge < -0.3 is 5.32 Å². The third-order valence-corrected chi connectivity index (χ3v) is 5.06. The minimum atomic E-state index is -0.335. The van der Waals surface area contributed by atoms with E-state index in [0.29, 0.717) is 26.5 Å². The molecule has 0 radical (unpaired) electrons. The van der Waals surface area contributed by atoms with Crippen LogP contribution in [0.4, 0.5) is 4.39 Å². The van der Waals surface area contributed by atoms with E-state index < -0.39 is 0 Å². The molecule has 2 aromatic rings. The zero-order valence-electron chi connectivity index (χ0n) is 12.7. The number of rotatable bonds is 4. The van der Waals surface area contributed by atoms with Crippen LogP contribution in [0.5, 0.6) is 0 Å². The van der Waals surface area contributed by atoms with Crippen LogP contribution in [0.2, 0.25) is 5.02 Å². The molecule has 0 saturated heterocycles. The molecule has 0 saturated carbocycles. The summed E-state index contributed by atoms with van der Waals surface area (Å²) in [5, 5.41) is 3.94. The molecule has 0 unspecified atom stereocenters. The van der Waals surface area contributed by atoms with Crippen LogP contribution >= 0.6 is 22.9 Å². The minimum absolute atomic E-state index is 0.237. The Morgan fingerprint density at radius 1 is 1.41 bits per heavy atom. The third kappa shape index (κ3) is 3.57. The van der Waals surface area contributed by atoms with Gasteiger partial charge >= 0.3 is 0 Å². The van der Waals surface area contributed by atoms with Gasteiger partial charge in [0, 0.05) is 16.6 Å². The molecule has 2 rings (SSSR count). The van der Waals surface area contributed by atoms with Gasteiger partial charge in [0.1, 0.15) is 10.7 Å². The van der Waals surface area contributed by atoms with Gasteiger partial charge in [0.2, 0.25) is 0 Å². The summed E-state index contributed by atoms with van der Waals surface area (Å²) in [6, 6.07) is 4.33. The maximum atomic E-state index is 13.2. The van der Waals surface area contributed by atoms with Gasteiger partial charge in [-0.15, -0.1) is 11.3 Å². The summed E-state index contributed by atoms with van der Waals surface area (Å²) in [5.74, 6) is -0.572. The number of carbonyl (C=O) groups is 1. The molecule has 0 aliphatic rings. The quantitative estimate of drug-likeness (QED) is 0.750. The van der Waals surface area contributed by atoms with E-state index in [1.165, 1.54) is 23.5 Å². The van der Waals surface area contributed by atoms with Crippen molar-refractivity contribution >= 4 is 38.9 Å². The van der Waals surface area contributed by atoms with Crippen molar-refractivity contribution in [1.82, 2.24) is 5.32 Å². The maximum absolute atomic E-state index is 13.2. The number of fused-ring (bicyclic) bond motifs is 1. The van der Waals surface area contributed by atoms with E-state index in [2.05, 4.69) is 5.32 Å². The summed E-state index contributed by atoms with van der Waals surface area (Å²) in [6.45, 7) is 6.37. The van der Waals surface area contributed by atoms with Gasteiger partial charge in [0.25, 0.3) is 5.91 Å². The zero-order valence-corrected chi connectivity index (χ0v) is 14.2. The van der Waals surface area contributed by atoms with Crippen molar-refractivity contribution in [3.05, 3.63) is 57.2 Å². The Kier molecular flexibility index (Phi) is 5.37. The van der Waals surface area contributed by atoms with Crippen LogP contribution in [0.3, 0.4) is 0 Å². The number of hydrogen-bond acceptors (Lipinski definition) is 2. The second-order valence-electron chi connectivity index (χ2n) is 5.03. The van der Waals surface area contributed by atoms with E-state index in [1.54, 1.807) is 6.07 Å². The second-order valence-corrected chi connectivity index (χ2v) is 6.46. The van der Waals surface area contributed by atoms with E-state index in [9.17, 15) is 9.18 Å². The van der Waals surface area contributed by atoms with Crippen molar-refractivity contribution in [2.45, 2.75) is 20.8 Å². The highest BCUT2D eigenvalue weighted by atomic mass is 35.5. The van der Waals surface area contributed by atoms with Gasteiger partial charge in [0.05, 0.1) is 5.02 Å². The molecule has 22 heavy (non-hydrogen) atoms. The van der Waals surface area contributed by atoms with Crippen LogP contribution in [-0.4, -0.2) is 12.5 Å². The Bertz CT molecular complexity index is 776. The highest BCUT2D eigenvalue weighted by Gasteiger charge is 2.17. The van der Waals surface area contributed by atoms with Gasteiger partial charge in [-0.05, 0) is 39.0 Å². The normalized spacial score (nSPS) is 12.8. The molecule has 0 bridgehead atoms. The summed E-state index contributed by atoms with van der Waals surface area (Å²) in [7, 11) is 0. The van der Waals surface area contributed by atoms with E-state index >= 15 is 0 Å². The molecule has 2 nitrogen and oxygen atoms in total. The monoisotopic (exact) mass is 337 g/mol. The lowest BCUT2D eigenvalue weighted by Gasteiger charge is -2.06. The van der Waals surface area contributed by atoms with Crippen molar-refractivity contribution in [3.63, 3.8) is 0 Å². The number of hydrogen-bond donors (Lipinski definition) is 1. The van der Waals surface area contributed by atoms with Crippen LogP contribution < -0.4 is 5.32 Å². The molecule has 1 N–H and O–H groups in total. The average Bonchev–Trinajstić information content (AvgIpc) is 2.81. The third-order valence-electron chi connectivity index (χ3n) is 3.40. The van der Waals surface area contributed by atoms with Crippen molar-refractivity contribution in [1.29, 1.82) is 0 Å². The summed E-state index contributed by atoms with van der Waals surface area (Å²) in [4.78, 5) is 12.7. The lowest BCUT2D eigenvalue weighted by atomic mass is 10.1. The fourth-order valence-corrected chi connectivity index (χ4v) is 3.47. The molecule has 0 spiro atoms. The summed E-state index contributed by atoms with van der Waals surface area (Å²) in [6.07, 6.45) is 3.95. The first-order chi connectivity index (χ1) is 10.4. The molecule has 0 aliphatic heterocycles. The van der Waals surface area contributed by atoms with Crippen LogP contribution in [0, 0.1) is 5.82 Å². The van der Waals surface area contributed by atoms with Gasteiger partial charge in [-0.25, -0.2) is 4.39 Å². The number of nitrogens with one attached hydrogen (secondary N) is 1. The Balaban J connectivity index is 2.20. The summed E-state index contributed by atoms with van der Waals surface area (Å²) < 4.78 is 13.9. The van der Waals surface area contributed by atoms with Crippen LogP contribution in [0.1, 0.15) is 30.4 Å². The van der Waals surface area contributed by atoms with Gasteiger partial charge in [-0.1, -0.05) is 34.9 Å². The largest absolute Gasteiger partial charge is 0.348 e. The smallest absolute Gasteiger partial charge is 0.263 e. The highest BCUT2D eigenvalue weighted by molar-refractivity contribution is 7.21. The second kappa shape index (κ2) is 7.07. The Morgan fingerprint density at radius 3 is 2.82 bits per heavy atom. The van der Waals surface area contributed by atoms with Crippen LogP contribution in [-0.2, 0) is 0 Å². The first-order valence-corrected chi connectivity index (χ1v) is 8.08. The van der Waals surface area contributed by atoms with E-state index in [0.717, 1.165) is 11.1 Å². The highest BCUT2D eigenvalue weighted by Crippen LogP contribution is 2.35. The number of carbonyl (C=O) groups excluding carboxylic acids is 1. The maximum Gasteiger partial charge on any atom is 0.263 e. The first kappa shape index (κ1) is 16.7. The number of halogens is 2. The number of allylic oxidation sites excluding steroid dienone is 3. The van der Waals surface area contributed by atoms with Crippen molar-refractivity contribution in [2.24, 2.45) is 0 Å². The van der Waals surface area contributed by atoms with Crippen molar-refractivity contribution in [3.8, 4) is 0 Å². The predicted octanol–water partition coefficient (Wildman–Crippen LogP) is 5.34. The molecule has 116 valence electrons. The minimum Gasteiger partial charge on any atom is -0.348 e. The fourth-order valence-electron chi connectivity index (χ4n) is 2.01. The number of thiophene rings is 1. The van der Waals surface area contributed by atoms with E-state index in [1.807, 2.05) is 32.9 Å². The lowest BCUT2D eigenvalue weighted by Crippen LogP contribution is -2.24. The van der Waals surface area contributed by atoms with E-state index in [-0.39, 0.29) is 11.7 Å². The van der Waals surface area contributed by atoms with Gasteiger partial charge in [0.15, 0.2) is 0 Å². The van der Waals surface area contributed by atoms with Gasteiger partial charge in [-0.3, -0.25) is 4.79 Å². The molecule has 1 aromatic heterocycles. The number of benzene rings is 1. The van der Waals surface area contributed by atoms with Gasteiger partial charge in [-0.2, -0.15) is 0 Å². The Morgan fingerprint density at radius 2 is 2.14 bits per heavy atom. The molecule has 0 aliphatic carbocycles. The zero-order chi connectivity index (χ0) is 16.3. The summed E-state index contributed by atoms with van der Waals surface area (Å²) >= 11 is 7.44. The SMILES string of the molecule is C/C=C/C(C)=C(/C)CNC(=O)c1sc2cc(F)ccc2c1Cl. The average molecular weight is 338 g/mol. The Hall–Kier alpha value is -1.65. The predicted molar refractivity (Wildman–Crippen MR) is 92.3 cm³/mol. The standard InChI is InChI=1S/C17H17ClFNOS/c1-4-5-10(2)11(3)9-20-17(21)16-15(18)13-7-6-12(19)8-14(13)22-16/h4-8H,9H2,1-3H3,(H,20,21)/b5-4+,11-10-. The van der Waals surface area contributed by atoms with E-state index in [4.69, 9.17) is 11.6 Å². The molecule has 1 amide bonds. The van der Waals surface area contributed by atoms with Crippen LogP contribution in [0.25, 0.3) is 10.1 Å². The molecular weight excluding hydrogens is 321 g/mol. The van der Waals surface area contributed by atoms with Crippen molar-refractivity contribution in [2.75, 3.05) is 6.54 Å². The first-order valence-electron chi connectivity index (χ1n) is 6.88. The lowest BCUT2D eigenvalue weighted by molar-refractivity contribution is 0.0961. The molecule has 0 fully saturated rings. The fraction of sp³-hybridized carbons (Fsp3) is 0.235. The van der Waals surface area contributed by atoms with Crippen molar-refractivity contribution < 1.29 is 9.18 Å². The number of amides is 1. The van der Waals surface area contributed by atoms with Crippen LogP contribution in [0.15, 0.2) is 41.5 Å². The molecule has 1 heterocycles. The topological polar surface area (TPSA) is 29.1 Å². The molecule has 0 atom stereocenters. The molecular formula is C17H17ClFNOS. The molecule has 1 aromatic carbocycles.